The molecule has 1 heterocycles. The normalized spacial score (nSPS) is 15.4. The molecule has 1 N–H and O–H groups in total. The van der Waals surface area contributed by atoms with Crippen LogP contribution in [0, 0.1) is 0 Å². The standard InChI is InChI=1S/C11H19ClN2OS/c1-4-10(14(3)8(2)6-15)11-13-9(5-12)7-16-11/h7-8,10,15H,4-6H2,1-3H3. The number of likely N-dealkylation sites (N-methyl/N-ethyl adjacent to an activating group) is 1. The number of aromatic nitrogens is 1. The highest BCUT2D eigenvalue weighted by Gasteiger charge is 2.22. The SMILES string of the molecule is CCC(c1nc(CCl)cs1)N(C)C(C)CO. The summed E-state index contributed by atoms with van der Waals surface area (Å²) < 4.78 is 0. The summed E-state index contributed by atoms with van der Waals surface area (Å²) in [5.41, 5.74) is 0.935. The van der Waals surface area contributed by atoms with Gasteiger partial charge in [0, 0.05) is 11.4 Å². The van der Waals surface area contributed by atoms with Crippen LogP contribution in [-0.2, 0) is 5.88 Å². The molecule has 0 fully saturated rings. The minimum absolute atomic E-state index is 0.147. The number of thiazole rings is 1. The van der Waals surface area contributed by atoms with Crippen LogP contribution in [0.3, 0.4) is 0 Å². The van der Waals surface area contributed by atoms with E-state index in [-0.39, 0.29) is 18.7 Å². The highest BCUT2D eigenvalue weighted by Crippen LogP contribution is 2.27. The molecule has 0 saturated carbocycles. The fraction of sp³-hybridized carbons (Fsp3) is 0.727. The number of hydrogen-bond acceptors (Lipinski definition) is 4. The van der Waals surface area contributed by atoms with Gasteiger partial charge in [0.2, 0.25) is 0 Å². The zero-order valence-electron chi connectivity index (χ0n) is 9.98. The summed E-state index contributed by atoms with van der Waals surface area (Å²) in [6.07, 6.45) is 0.982. The molecule has 92 valence electrons. The number of halogens is 1. The van der Waals surface area contributed by atoms with Gasteiger partial charge in [-0.3, -0.25) is 4.90 Å². The quantitative estimate of drug-likeness (QED) is 0.801. The maximum absolute atomic E-state index is 9.17. The molecule has 5 heteroatoms. The molecule has 0 amide bonds. The molecule has 0 aromatic carbocycles. The third-order valence-electron chi connectivity index (χ3n) is 2.83. The molecular formula is C11H19ClN2OS. The van der Waals surface area contributed by atoms with E-state index in [2.05, 4.69) is 16.8 Å². The van der Waals surface area contributed by atoms with Gasteiger partial charge in [0.25, 0.3) is 0 Å². The van der Waals surface area contributed by atoms with Gasteiger partial charge in [-0.25, -0.2) is 4.98 Å². The first-order valence-electron chi connectivity index (χ1n) is 5.47. The van der Waals surface area contributed by atoms with Gasteiger partial charge in [-0.05, 0) is 20.4 Å². The van der Waals surface area contributed by atoms with Crippen molar-refractivity contribution in [3.63, 3.8) is 0 Å². The van der Waals surface area contributed by atoms with Crippen molar-refractivity contribution < 1.29 is 5.11 Å². The van der Waals surface area contributed by atoms with Crippen LogP contribution in [0.1, 0.15) is 37.0 Å². The van der Waals surface area contributed by atoms with Crippen molar-refractivity contribution in [2.24, 2.45) is 0 Å². The molecule has 1 aromatic heterocycles. The third-order valence-corrected chi connectivity index (χ3v) is 4.10. The van der Waals surface area contributed by atoms with E-state index < -0.39 is 0 Å². The summed E-state index contributed by atoms with van der Waals surface area (Å²) in [4.78, 5) is 6.66. The molecule has 0 aliphatic carbocycles. The molecule has 0 aliphatic heterocycles. The van der Waals surface area contributed by atoms with Crippen molar-refractivity contribution in [2.45, 2.75) is 38.2 Å². The van der Waals surface area contributed by atoms with Crippen LogP contribution >= 0.6 is 22.9 Å². The zero-order chi connectivity index (χ0) is 12.1. The lowest BCUT2D eigenvalue weighted by atomic mass is 10.1. The molecule has 0 spiro atoms. The Bertz CT molecular complexity index is 319. The summed E-state index contributed by atoms with van der Waals surface area (Å²) in [5.74, 6) is 0.464. The lowest BCUT2D eigenvalue weighted by Gasteiger charge is -2.30. The van der Waals surface area contributed by atoms with Gasteiger partial charge in [-0.15, -0.1) is 22.9 Å². The highest BCUT2D eigenvalue weighted by atomic mass is 35.5. The molecule has 0 saturated heterocycles. The summed E-state index contributed by atoms with van der Waals surface area (Å²) in [5, 5.41) is 12.3. The third kappa shape index (κ3) is 3.17. The number of hydrogen-bond donors (Lipinski definition) is 1. The van der Waals surface area contributed by atoms with E-state index >= 15 is 0 Å². The van der Waals surface area contributed by atoms with Crippen LogP contribution in [0.2, 0.25) is 0 Å². The second-order valence-corrected chi connectivity index (χ2v) is 5.09. The van der Waals surface area contributed by atoms with E-state index in [4.69, 9.17) is 16.7 Å². The largest absolute Gasteiger partial charge is 0.395 e. The van der Waals surface area contributed by atoms with Crippen LogP contribution in [0.4, 0.5) is 0 Å². The molecule has 1 rings (SSSR count). The summed E-state index contributed by atoms with van der Waals surface area (Å²) >= 11 is 7.39. The minimum atomic E-state index is 0.147. The van der Waals surface area contributed by atoms with E-state index in [0.717, 1.165) is 17.1 Å². The van der Waals surface area contributed by atoms with Crippen LogP contribution in [0.5, 0.6) is 0 Å². The predicted molar refractivity (Wildman–Crippen MR) is 69.0 cm³/mol. The van der Waals surface area contributed by atoms with Crippen LogP contribution in [-0.4, -0.2) is 34.7 Å². The zero-order valence-corrected chi connectivity index (χ0v) is 11.6. The average molecular weight is 263 g/mol. The average Bonchev–Trinajstić information content (AvgIpc) is 2.77. The molecule has 3 nitrogen and oxygen atoms in total. The Hall–Kier alpha value is -0.160. The Balaban J connectivity index is 2.80. The van der Waals surface area contributed by atoms with Crippen molar-refractivity contribution in [1.82, 2.24) is 9.88 Å². The first-order valence-corrected chi connectivity index (χ1v) is 6.88. The Morgan fingerprint density at radius 1 is 1.62 bits per heavy atom. The molecule has 0 aliphatic rings. The van der Waals surface area contributed by atoms with Gasteiger partial charge < -0.3 is 5.11 Å². The number of alkyl halides is 1. The number of aliphatic hydroxyl groups excluding tert-OH is 1. The molecule has 1 aromatic rings. The first kappa shape index (κ1) is 13.9. The van der Waals surface area contributed by atoms with E-state index in [1.54, 1.807) is 11.3 Å². The highest BCUT2D eigenvalue weighted by molar-refractivity contribution is 7.09. The van der Waals surface area contributed by atoms with Crippen molar-refractivity contribution >= 4 is 22.9 Å². The van der Waals surface area contributed by atoms with Gasteiger partial charge >= 0.3 is 0 Å². The first-order chi connectivity index (χ1) is 7.63. The van der Waals surface area contributed by atoms with Gasteiger partial charge in [0.15, 0.2) is 0 Å². The Morgan fingerprint density at radius 2 is 2.31 bits per heavy atom. The van der Waals surface area contributed by atoms with E-state index in [9.17, 15) is 0 Å². The topological polar surface area (TPSA) is 36.4 Å². The maximum Gasteiger partial charge on any atom is 0.110 e. The fourth-order valence-corrected chi connectivity index (χ4v) is 2.89. The van der Waals surface area contributed by atoms with E-state index in [1.807, 2.05) is 19.4 Å². The molecule has 2 atom stereocenters. The molecule has 2 unspecified atom stereocenters. The lowest BCUT2D eigenvalue weighted by molar-refractivity contribution is 0.117. The number of aliphatic hydroxyl groups is 1. The lowest BCUT2D eigenvalue weighted by Crippen LogP contribution is -2.35. The Morgan fingerprint density at radius 3 is 2.75 bits per heavy atom. The van der Waals surface area contributed by atoms with Gasteiger partial charge in [-0.2, -0.15) is 0 Å². The van der Waals surface area contributed by atoms with Crippen molar-refractivity contribution in [3.8, 4) is 0 Å². The Labute approximate surface area is 106 Å². The smallest absolute Gasteiger partial charge is 0.110 e. The summed E-state index contributed by atoms with van der Waals surface area (Å²) in [7, 11) is 2.02. The molecule has 16 heavy (non-hydrogen) atoms. The van der Waals surface area contributed by atoms with Crippen LogP contribution in [0.25, 0.3) is 0 Å². The second kappa shape index (κ2) is 6.55. The van der Waals surface area contributed by atoms with Gasteiger partial charge in [0.1, 0.15) is 5.01 Å². The van der Waals surface area contributed by atoms with E-state index in [1.165, 1.54) is 0 Å². The molecule has 0 radical (unpaired) electrons. The number of rotatable bonds is 6. The predicted octanol–water partition coefficient (Wildman–Crippen LogP) is 2.65. The van der Waals surface area contributed by atoms with E-state index in [0.29, 0.717) is 5.88 Å². The molecular weight excluding hydrogens is 244 g/mol. The van der Waals surface area contributed by atoms with Crippen molar-refractivity contribution in [1.29, 1.82) is 0 Å². The number of nitrogens with zero attached hydrogens (tertiary/aromatic N) is 2. The van der Waals surface area contributed by atoms with Crippen LogP contribution < -0.4 is 0 Å². The second-order valence-electron chi connectivity index (χ2n) is 3.93. The Kier molecular flexibility index (Phi) is 5.69. The summed E-state index contributed by atoms with van der Waals surface area (Å²) in [6, 6.07) is 0.414. The minimum Gasteiger partial charge on any atom is -0.395 e. The maximum atomic E-state index is 9.17. The van der Waals surface area contributed by atoms with Crippen LogP contribution in [0.15, 0.2) is 5.38 Å². The monoisotopic (exact) mass is 262 g/mol. The summed E-state index contributed by atoms with van der Waals surface area (Å²) in [6.45, 7) is 4.31. The van der Waals surface area contributed by atoms with Crippen molar-refractivity contribution in [3.05, 3.63) is 16.1 Å². The van der Waals surface area contributed by atoms with Gasteiger partial charge in [-0.1, -0.05) is 6.92 Å². The molecule has 0 bridgehead atoms. The van der Waals surface area contributed by atoms with Crippen molar-refractivity contribution in [2.75, 3.05) is 13.7 Å². The van der Waals surface area contributed by atoms with Gasteiger partial charge in [0.05, 0.1) is 24.2 Å². The fourth-order valence-electron chi connectivity index (χ4n) is 1.61.